The molecule has 2 heterocycles. The molecule has 0 aliphatic rings. The highest BCUT2D eigenvalue weighted by Gasteiger charge is 2.14. The molecule has 1 atom stereocenters. The van der Waals surface area contributed by atoms with Crippen molar-refractivity contribution in [1.82, 2.24) is 10.6 Å². The second-order valence-electron chi connectivity index (χ2n) is 5.28. The molecule has 22 heavy (non-hydrogen) atoms. The molecule has 0 unspecified atom stereocenters. The first-order valence-electron chi connectivity index (χ1n) is 7.16. The molecule has 0 spiro atoms. The van der Waals surface area contributed by atoms with Crippen molar-refractivity contribution in [2.75, 3.05) is 6.54 Å². The predicted octanol–water partition coefficient (Wildman–Crippen LogP) is 3.36. The molecule has 2 rings (SSSR count). The number of thiophene rings is 2. The molecular formula is C16H20N2O2S2. The number of aryl methyl sites for hydroxylation is 2. The second kappa shape index (κ2) is 7.56. The van der Waals surface area contributed by atoms with Crippen molar-refractivity contribution < 1.29 is 9.59 Å². The largest absolute Gasteiger partial charge is 0.351 e. The van der Waals surface area contributed by atoms with Gasteiger partial charge in [0.15, 0.2) is 0 Å². The topological polar surface area (TPSA) is 58.2 Å². The van der Waals surface area contributed by atoms with E-state index in [0.29, 0.717) is 13.0 Å². The number of hydrogen-bond donors (Lipinski definition) is 2. The summed E-state index contributed by atoms with van der Waals surface area (Å²) in [6, 6.07) is 3.89. The molecule has 0 aromatic carbocycles. The highest BCUT2D eigenvalue weighted by Crippen LogP contribution is 2.16. The molecule has 2 amide bonds. The van der Waals surface area contributed by atoms with Crippen molar-refractivity contribution in [2.24, 2.45) is 0 Å². The van der Waals surface area contributed by atoms with Crippen LogP contribution in [0.2, 0.25) is 0 Å². The van der Waals surface area contributed by atoms with Crippen molar-refractivity contribution >= 4 is 34.5 Å². The minimum atomic E-state index is -0.0415. The van der Waals surface area contributed by atoms with Crippen molar-refractivity contribution in [3.05, 3.63) is 43.8 Å². The number of amides is 2. The van der Waals surface area contributed by atoms with Crippen LogP contribution in [0.3, 0.4) is 0 Å². The van der Waals surface area contributed by atoms with E-state index in [4.69, 9.17) is 0 Å². The van der Waals surface area contributed by atoms with Gasteiger partial charge in [0.1, 0.15) is 0 Å². The van der Waals surface area contributed by atoms with Crippen LogP contribution in [0.1, 0.15) is 43.8 Å². The fourth-order valence-electron chi connectivity index (χ4n) is 2.05. The third kappa shape index (κ3) is 4.18. The highest BCUT2D eigenvalue weighted by atomic mass is 32.1. The maximum Gasteiger partial charge on any atom is 0.261 e. The van der Waals surface area contributed by atoms with Gasteiger partial charge in [-0.1, -0.05) is 0 Å². The molecule has 0 fully saturated rings. The lowest BCUT2D eigenvalue weighted by Gasteiger charge is -2.14. The third-order valence-corrected chi connectivity index (χ3v) is 5.41. The van der Waals surface area contributed by atoms with Crippen LogP contribution < -0.4 is 10.6 Å². The highest BCUT2D eigenvalue weighted by molar-refractivity contribution is 7.12. The van der Waals surface area contributed by atoms with Crippen LogP contribution in [0, 0.1) is 13.8 Å². The zero-order valence-corrected chi connectivity index (χ0v) is 14.6. The van der Waals surface area contributed by atoms with Gasteiger partial charge in [0.2, 0.25) is 0 Å². The quantitative estimate of drug-likeness (QED) is 0.850. The Kier molecular flexibility index (Phi) is 5.74. The van der Waals surface area contributed by atoms with Gasteiger partial charge in [0, 0.05) is 12.6 Å². The van der Waals surface area contributed by atoms with E-state index in [-0.39, 0.29) is 17.9 Å². The predicted molar refractivity (Wildman–Crippen MR) is 92.0 cm³/mol. The Morgan fingerprint density at radius 2 is 1.59 bits per heavy atom. The van der Waals surface area contributed by atoms with Gasteiger partial charge in [-0.25, -0.2) is 0 Å². The van der Waals surface area contributed by atoms with Crippen LogP contribution >= 0.6 is 22.7 Å². The number of carbonyl (C=O) groups is 2. The van der Waals surface area contributed by atoms with Crippen molar-refractivity contribution in [3.8, 4) is 0 Å². The monoisotopic (exact) mass is 336 g/mol. The summed E-state index contributed by atoms with van der Waals surface area (Å²) in [7, 11) is 0. The Labute approximate surface area is 138 Å². The third-order valence-electron chi connectivity index (χ3n) is 3.38. The van der Waals surface area contributed by atoms with Gasteiger partial charge in [-0.05, 0) is 61.2 Å². The lowest BCUT2D eigenvalue weighted by atomic mass is 10.2. The molecule has 2 aromatic rings. The van der Waals surface area contributed by atoms with Gasteiger partial charge >= 0.3 is 0 Å². The molecule has 2 aromatic heterocycles. The fraction of sp³-hybridized carbons (Fsp3) is 0.375. The molecule has 6 heteroatoms. The molecule has 118 valence electrons. The standard InChI is InChI=1S/C16H20N2O2S2/c1-10-5-8-21-13(10)15(19)17-7-4-12(3)18-16(20)14-11(2)6-9-22-14/h5-6,8-9,12H,4,7H2,1-3H3,(H,17,19)(H,18,20)/t12-/m0/s1. The Balaban J connectivity index is 1.75. The van der Waals surface area contributed by atoms with E-state index in [1.165, 1.54) is 22.7 Å². The van der Waals surface area contributed by atoms with Gasteiger partial charge in [-0.3, -0.25) is 9.59 Å². The van der Waals surface area contributed by atoms with Crippen molar-refractivity contribution in [2.45, 2.75) is 33.2 Å². The molecule has 2 N–H and O–H groups in total. The van der Waals surface area contributed by atoms with E-state index < -0.39 is 0 Å². The average molecular weight is 336 g/mol. The lowest BCUT2D eigenvalue weighted by Crippen LogP contribution is -2.36. The summed E-state index contributed by atoms with van der Waals surface area (Å²) >= 11 is 2.89. The Bertz CT molecular complexity index is 661. The second-order valence-corrected chi connectivity index (χ2v) is 7.12. The van der Waals surface area contributed by atoms with E-state index in [9.17, 15) is 9.59 Å². The molecule has 0 saturated carbocycles. The number of carbonyl (C=O) groups excluding carboxylic acids is 2. The molecule has 4 nitrogen and oxygen atoms in total. The zero-order valence-electron chi connectivity index (χ0n) is 12.9. The maximum atomic E-state index is 12.1. The molecule has 0 bridgehead atoms. The summed E-state index contributed by atoms with van der Waals surface area (Å²) < 4.78 is 0. The summed E-state index contributed by atoms with van der Waals surface area (Å²) in [6.45, 7) is 6.35. The van der Waals surface area contributed by atoms with Crippen molar-refractivity contribution in [3.63, 3.8) is 0 Å². The van der Waals surface area contributed by atoms with Crippen LogP contribution in [-0.2, 0) is 0 Å². The molecular weight excluding hydrogens is 316 g/mol. The number of nitrogens with one attached hydrogen (secondary N) is 2. The van der Waals surface area contributed by atoms with Crippen LogP contribution in [0.4, 0.5) is 0 Å². The van der Waals surface area contributed by atoms with Crippen LogP contribution in [-0.4, -0.2) is 24.4 Å². The Morgan fingerprint density at radius 1 is 1.05 bits per heavy atom. The number of hydrogen-bond acceptors (Lipinski definition) is 4. The minimum Gasteiger partial charge on any atom is -0.351 e. The van der Waals surface area contributed by atoms with E-state index >= 15 is 0 Å². The average Bonchev–Trinajstić information content (AvgIpc) is 3.07. The van der Waals surface area contributed by atoms with Crippen molar-refractivity contribution in [1.29, 1.82) is 0 Å². The Hall–Kier alpha value is -1.66. The van der Waals surface area contributed by atoms with E-state index in [2.05, 4.69) is 10.6 Å². The first-order chi connectivity index (χ1) is 10.5. The molecule has 0 saturated heterocycles. The fourth-order valence-corrected chi connectivity index (χ4v) is 3.72. The first kappa shape index (κ1) is 16.7. The first-order valence-corrected chi connectivity index (χ1v) is 8.92. The van der Waals surface area contributed by atoms with E-state index in [0.717, 1.165) is 20.9 Å². The SMILES string of the molecule is Cc1ccsc1C(=O)NCC[C@H](C)NC(=O)c1sccc1C. The summed E-state index contributed by atoms with van der Waals surface area (Å²) in [5.41, 5.74) is 1.99. The zero-order chi connectivity index (χ0) is 16.1. The molecule has 0 aliphatic carbocycles. The van der Waals surface area contributed by atoms with Crippen LogP contribution in [0.15, 0.2) is 22.9 Å². The lowest BCUT2D eigenvalue weighted by molar-refractivity contribution is 0.0941. The molecule has 0 radical (unpaired) electrons. The minimum absolute atomic E-state index is 0.0127. The number of rotatable bonds is 6. The summed E-state index contributed by atoms with van der Waals surface area (Å²) in [4.78, 5) is 25.6. The summed E-state index contributed by atoms with van der Waals surface area (Å²) in [5, 5.41) is 9.69. The van der Waals surface area contributed by atoms with Gasteiger partial charge in [0.25, 0.3) is 11.8 Å². The Morgan fingerprint density at radius 3 is 2.09 bits per heavy atom. The van der Waals surface area contributed by atoms with Gasteiger partial charge < -0.3 is 10.6 Å². The van der Waals surface area contributed by atoms with Gasteiger partial charge in [0.05, 0.1) is 9.75 Å². The maximum absolute atomic E-state index is 12.1. The normalized spacial score (nSPS) is 12.0. The summed E-state index contributed by atoms with van der Waals surface area (Å²) in [5.74, 6) is -0.0828. The van der Waals surface area contributed by atoms with Crippen LogP contribution in [0.25, 0.3) is 0 Å². The van der Waals surface area contributed by atoms with E-state index in [1.54, 1.807) is 0 Å². The van der Waals surface area contributed by atoms with Gasteiger partial charge in [-0.2, -0.15) is 0 Å². The van der Waals surface area contributed by atoms with Crippen LogP contribution in [0.5, 0.6) is 0 Å². The molecule has 0 aliphatic heterocycles. The van der Waals surface area contributed by atoms with Gasteiger partial charge in [-0.15, -0.1) is 22.7 Å². The smallest absolute Gasteiger partial charge is 0.261 e. The van der Waals surface area contributed by atoms with E-state index in [1.807, 2.05) is 43.7 Å². The summed E-state index contributed by atoms with van der Waals surface area (Å²) in [6.07, 6.45) is 0.701.